The zero-order chi connectivity index (χ0) is 32.8. The van der Waals surface area contributed by atoms with Crippen LogP contribution in [0, 0.1) is 11.3 Å². The smallest absolute Gasteiger partial charge is 0.410 e. The van der Waals surface area contributed by atoms with Crippen LogP contribution < -0.4 is 15.4 Å². The molecule has 6 rings (SSSR count). The minimum atomic E-state index is -0.630. The minimum Gasteiger partial charge on any atom is -0.473 e. The average Bonchev–Trinajstić information content (AvgIpc) is 3.75. The van der Waals surface area contributed by atoms with Crippen molar-refractivity contribution in [3.8, 4) is 23.5 Å². The van der Waals surface area contributed by atoms with Gasteiger partial charge in [-0.25, -0.2) is 9.78 Å². The maximum Gasteiger partial charge on any atom is 0.410 e. The number of hydrogen-bond acceptors (Lipinski definition) is 12. The molecule has 0 saturated carbocycles. The molecule has 46 heavy (non-hydrogen) atoms. The zero-order valence-corrected chi connectivity index (χ0v) is 28.4. The number of hydrogen-bond donors (Lipinski definition) is 1. The highest BCUT2D eigenvalue weighted by Crippen LogP contribution is 2.48. The second kappa shape index (κ2) is 12.4. The number of fused-ring (bicyclic) bond motifs is 1. The van der Waals surface area contributed by atoms with Crippen molar-refractivity contribution in [3.05, 3.63) is 34.0 Å². The predicted octanol–water partition coefficient (Wildman–Crippen LogP) is 5.21. The molecule has 3 atom stereocenters. The Bertz CT molecular complexity index is 1630. The largest absolute Gasteiger partial charge is 0.473 e. The van der Waals surface area contributed by atoms with E-state index in [1.807, 2.05) is 32.9 Å². The van der Waals surface area contributed by atoms with Crippen LogP contribution in [-0.2, 0) is 16.6 Å². The van der Waals surface area contributed by atoms with E-state index < -0.39 is 11.0 Å². The summed E-state index contributed by atoms with van der Waals surface area (Å²) in [6, 6.07) is 6.52. The van der Waals surface area contributed by atoms with Gasteiger partial charge in [0.25, 0.3) is 0 Å². The molecule has 5 heterocycles. The highest BCUT2D eigenvalue weighted by Gasteiger charge is 2.43. The molecule has 0 bridgehead atoms. The van der Waals surface area contributed by atoms with E-state index in [-0.39, 0.29) is 12.2 Å². The van der Waals surface area contributed by atoms with Crippen molar-refractivity contribution < 1.29 is 18.8 Å². The Balaban J connectivity index is 1.30. The van der Waals surface area contributed by atoms with Gasteiger partial charge in [0.15, 0.2) is 0 Å². The van der Waals surface area contributed by atoms with Crippen molar-refractivity contribution in [1.29, 1.82) is 5.26 Å². The number of anilines is 2. The number of likely N-dealkylation sites (tertiary alicyclic amines) is 1. The van der Waals surface area contributed by atoms with Crippen molar-refractivity contribution in [2.24, 2.45) is 0 Å². The molecular formula is C33H44N8O4S. The topological polar surface area (TPSA) is 147 Å². The highest BCUT2D eigenvalue weighted by atomic mass is 32.1. The number of carbonyl (C=O) groups is 1. The van der Waals surface area contributed by atoms with Gasteiger partial charge in [-0.3, -0.25) is 4.90 Å². The lowest BCUT2D eigenvalue weighted by Gasteiger charge is -2.37. The zero-order valence-electron chi connectivity index (χ0n) is 27.6. The van der Waals surface area contributed by atoms with Crippen LogP contribution in [0.3, 0.4) is 0 Å². The quantitative estimate of drug-likeness (QED) is 0.376. The van der Waals surface area contributed by atoms with Crippen LogP contribution in [0.15, 0.2) is 16.7 Å². The number of amides is 1. The number of thiophene rings is 1. The number of pyridine rings is 1. The van der Waals surface area contributed by atoms with Gasteiger partial charge < -0.3 is 29.5 Å². The molecule has 3 aliphatic rings. The molecule has 2 aliphatic heterocycles. The molecule has 2 saturated heterocycles. The summed E-state index contributed by atoms with van der Waals surface area (Å²) < 4.78 is 18.0. The molecule has 1 aliphatic carbocycles. The lowest BCUT2D eigenvalue weighted by molar-refractivity contribution is 0.0240. The standard InChI is InChI=1S/C33H44N8O4S/c1-20(24-9-8-12-39(24)6)43-26-18-21(40-13-15-41(16-14-40)31(42)44-32(2,3)4)17-23(36-26)29-37-30(45-38-29)33(5)11-7-10-25-27(33)22(19-34)28(35)46-25/h17-18,20,24H,7-16,35H2,1-6H3/t20-,24-,33-/m0/s1. The van der Waals surface area contributed by atoms with Crippen molar-refractivity contribution in [2.75, 3.05) is 50.4 Å². The van der Waals surface area contributed by atoms with Gasteiger partial charge in [-0.05, 0) is 86.4 Å². The monoisotopic (exact) mass is 648 g/mol. The number of aromatic nitrogens is 3. The van der Waals surface area contributed by atoms with E-state index in [4.69, 9.17) is 29.7 Å². The van der Waals surface area contributed by atoms with Gasteiger partial charge in [-0.15, -0.1) is 11.3 Å². The number of ether oxygens (including phenoxy) is 2. The van der Waals surface area contributed by atoms with E-state index in [9.17, 15) is 10.1 Å². The fourth-order valence-electron chi connectivity index (χ4n) is 6.98. The van der Waals surface area contributed by atoms with Crippen molar-refractivity contribution in [2.45, 2.75) is 89.9 Å². The highest BCUT2D eigenvalue weighted by molar-refractivity contribution is 7.16. The number of carbonyl (C=O) groups excluding carboxylic acids is 1. The number of nitrogens with two attached hydrogens (primary N) is 1. The van der Waals surface area contributed by atoms with Crippen molar-refractivity contribution in [1.82, 2.24) is 24.9 Å². The van der Waals surface area contributed by atoms with E-state index in [0.717, 1.165) is 54.8 Å². The molecular weight excluding hydrogens is 604 g/mol. The first kappa shape index (κ1) is 32.1. The van der Waals surface area contributed by atoms with Crippen LogP contribution in [0.25, 0.3) is 11.5 Å². The number of likely N-dealkylation sites (N-methyl/N-ethyl adjacent to an activating group) is 1. The SMILES string of the molecule is C[C@H](Oc1cc(N2CCN(C(=O)OC(C)(C)C)CC2)cc(-c2noc([C@@]3(C)CCCc4sc(N)c(C#N)c43)n2)n1)[C@@H]1CCCN1C. The average molecular weight is 649 g/mol. The van der Waals surface area contributed by atoms with Gasteiger partial charge in [0.1, 0.15) is 28.5 Å². The molecule has 1 amide bonds. The number of aryl methyl sites for hydroxylation is 1. The van der Waals surface area contributed by atoms with Crippen LogP contribution in [0.4, 0.5) is 15.5 Å². The second-order valence-electron chi connectivity index (χ2n) is 13.9. The Hall–Kier alpha value is -3.89. The fraction of sp³-hybridized carbons (Fsp3) is 0.606. The Labute approximate surface area is 274 Å². The van der Waals surface area contributed by atoms with Crippen LogP contribution in [-0.4, -0.2) is 88.5 Å². The molecule has 12 nitrogen and oxygen atoms in total. The summed E-state index contributed by atoms with van der Waals surface area (Å²) in [5, 5.41) is 14.9. The van der Waals surface area contributed by atoms with Gasteiger partial charge in [-0.1, -0.05) is 5.16 Å². The summed E-state index contributed by atoms with van der Waals surface area (Å²) in [6.45, 7) is 13.1. The molecule has 0 unspecified atom stereocenters. The number of nitriles is 1. The van der Waals surface area contributed by atoms with Gasteiger partial charge in [0, 0.05) is 54.4 Å². The summed E-state index contributed by atoms with van der Waals surface area (Å²) in [6.07, 6.45) is 4.42. The van der Waals surface area contributed by atoms with E-state index in [1.165, 1.54) is 11.3 Å². The minimum absolute atomic E-state index is 0.0685. The third-order valence-corrected chi connectivity index (χ3v) is 10.5. The normalized spacial score (nSPS) is 22.8. The lowest BCUT2D eigenvalue weighted by Crippen LogP contribution is -2.50. The Kier molecular flexibility index (Phi) is 8.63. The first-order valence-electron chi connectivity index (χ1n) is 16.1. The summed E-state index contributed by atoms with van der Waals surface area (Å²) in [4.78, 5) is 29.9. The molecule has 0 aromatic carbocycles. The van der Waals surface area contributed by atoms with Crippen LogP contribution in [0.2, 0.25) is 0 Å². The third kappa shape index (κ3) is 6.25. The van der Waals surface area contributed by atoms with Crippen molar-refractivity contribution in [3.63, 3.8) is 0 Å². The fourth-order valence-corrected chi connectivity index (χ4v) is 8.17. The molecule has 3 aromatic rings. The first-order valence-corrected chi connectivity index (χ1v) is 17.0. The second-order valence-corrected chi connectivity index (χ2v) is 15.0. The van der Waals surface area contributed by atoms with Crippen LogP contribution >= 0.6 is 11.3 Å². The molecule has 2 N–H and O–H groups in total. The molecule has 2 fully saturated rings. The first-order chi connectivity index (χ1) is 21.9. The lowest BCUT2D eigenvalue weighted by atomic mass is 9.72. The molecule has 0 spiro atoms. The van der Waals surface area contributed by atoms with E-state index in [1.54, 1.807) is 4.90 Å². The molecule has 3 aromatic heterocycles. The van der Waals surface area contributed by atoms with Crippen LogP contribution in [0.1, 0.15) is 82.2 Å². The number of nitrogens with zero attached hydrogens (tertiary/aromatic N) is 7. The Morgan fingerprint density at radius 2 is 1.96 bits per heavy atom. The van der Waals surface area contributed by atoms with Gasteiger partial charge >= 0.3 is 6.09 Å². The summed E-state index contributed by atoms with van der Waals surface area (Å²) in [5.41, 5.74) is 7.93. The van der Waals surface area contributed by atoms with E-state index in [0.29, 0.717) is 66.1 Å². The predicted molar refractivity (Wildman–Crippen MR) is 176 cm³/mol. The maximum absolute atomic E-state index is 12.7. The number of rotatable bonds is 6. The van der Waals surface area contributed by atoms with E-state index >= 15 is 0 Å². The summed E-state index contributed by atoms with van der Waals surface area (Å²) in [7, 11) is 2.13. The third-order valence-electron chi connectivity index (χ3n) is 9.39. The van der Waals surface area contributed by atoms with Crippen LogP contribution in [0.5, 0.6) is 5.88 Å². The van der Waals surface area contributed by atoms with Gasteiger partial charge in [-0.2, -0.15) is 10.2 Å². The Morgan fingerprint density at radius 1 is 1.20 bits per heavy atom. The summed E-state index contributed by atoms with van der Waals surface area (Å²) >= 11 is 1.48. The number of nitrogen functional groups attached to an aromatic ring is 1. The number of piperazine rings is 1. The Morgan fingerprint density at radius 3 is 2.63 bits per heavy atom. The van der Waals surface area contributed by atoms with Gasteiger partial charge in [0.2, 0.25) is 17.6 Å². The van der Waals surface area contributed by atoms with Crippen molar-refractivity contribution >= 4 is 28.1 Å². The van der Waals surface area contributed by atoms with E-state index in [2.05, 4.69) is 41.9 Å². The molecule has 0 radical (unpaired) electrons. The molecule has 246 valence electrons. The molecule has 13 heteroatoms. The maximum atomic E-state index is 12.7. The summed E-state index contributed by atoms with van der Waals surface area (Å²) in [5.74, 6) is 1.29. The van der Waals surface area contributed by atoms with Gasteiger partial charge in [0.05, 0.1) is 11.0 Å².